The zero-order valence-electron chi connectivity index (χ0n) is 17.9. The second-order valence-electron chi connectivity index (χ2n) is 6.61. The normalized spacial score (nSPS) is 11.1. The number of rotatable bonds is 11. The van der Waals surface area contributed by atoms with Crippen LogP contribution in [0.4, 0.5) is 5.69 Å². The first-order chi connectivity index (χ1) is 13.6. The van der Waals surface area contributed by atoms with Crippen molar-refractivity contribution >= 4 is 35.6 Å². The maximum Gasteiger partial charge on any atom is 0.195 e. The number of aryl methyl sites for hydroxylation is 3. The Hall–Kier alpha value is -1.81. The standard InChI is InChI=1S/C21H33N5O2.HI/c1-5-22-21(23-11-7-12-26-18(3)15-17(2)25-26)24-19-9-6-10-20(16-19)28-14-8-13-27-4;/h6,9-10,15-16H,5,7-8,11-14H2,1-4H3,(H2,22,23,24);1H. The average Bonchev–Trinajstić information content (AvgIpc) is 3.00. The number of methoxy groups -OCH3 is 1. The van der Waals surface area contributed by atoms with E-state index >= 15 is 0 Å². The number of nitrogens with zero attached hydrogens (tertiary/aromatic N) is 3. The molecule has 2 N–H and O–H groups in total. The number of halogens is 1. The van der Waals surface area contributed by atoms with Gasteiger partial charge in [-0.1, -0.05) is 6.07 Å². The van der Waals surface area contributed by atoms with Gasteiger partial charge in [0, 0.05) is 57.2 Å². The summed E-state index contributed by atoms with van der Waals surface area (Å²) in [6.45, 7) is 9.89. The Labute approximate surface area is 191 Å². The van der Waals surface area contributed by atoms with E-state index in [1.807, 2.05) is 35.9 Å². The Bertz CT molecular complexity index is 748. The Morgan fingerprint density at radius 2 is 2.00 bits per heavy atom. The van der Waals surface area contributed by atoms with Crippen LogP contribution in [0.25, 0.3) is 0 Å². The fraction of sp³-hybridized carbons (Fsp3) is 0.524. The second-order valence-corrected chi connectivity index (χ2v) is 6.61. The summed E-state index contributed by atoms with van der Waals surface area (Å²) in [7, 11) is 1.70. The molecule has 0 spiro atoms. The van der Waals surface area contributed by atoms with Gasteiger partial charge < -0.3 is 20.1 Å². The smallest absolute Gasteiger partial charge is 0.195 e. The lowest BCUT2D eigenvalue weighted by Gasteiger charge is -2.13. The Kier molecular flexibility index (Phi) is 12.4. The second kappa shape index (κ2) is 14.2. The molecule has 0 unspecified atom stereocenters. The van der Waals surface area contributed by atoms with Crippen LogP contribution in [0, 0.1) is 13.8 Å². The molecule has 0 aliphatic rings. The monoisotopic (exact) mass is 515 g/mol. The van der Waals surface area contributed by atoms with Gasteiger partial charge in [0.05, 0.1) is 12.3 Å². The molecule has 1 aromatic heterocycles. The van der Waals surface area contributed by atoms with Gasteiger partial charge in [0.15, 0.2) is 5.96 Å². The van der Waals surface area contributed by atoms with E-state index in [-0.39, 0.29) is 24.0 Å². The summed E-state index contributed by atoms with van der Waals surface area (Å²) in [5, 5.41) is 11.1. The van der Waals surface area contributed by atoms with Crippen LogP contribution in [0.5, 0.6) is 5.75 Å². The van der Waals surface area contributed by atoms with Gasteiger partial charge >= 0.3 is 0 Å². The zero-order valence-corrected chi connectivity index (χ0v) is 20.2. The van der Waals surface area contributed by atoms with E-state index in [1.54, 1.807) is 7.11 Å². The molecule has 1 aromatic carbocycles. The summed E-state index contributed by atoms with van der Waals surface area (Å²) >= 11 is 0. The first kappa shape index (κ1) is 25.2. The highest BCUT2D eigenvalue weighted by Crippen LogP contribution is 2.17. The summed E-state index contributed by atoms with van der Waals surface area (Å²) in [6, 6.07) is 10.0. The first-order valence-corrected chi connectivity index (χ1v) is 9.90. The quantitative estimate of drug-likeness (QED) is 0.205. The Morgan fingerprint density at radius 3 is 2.69 bits per heavy atom. The van der Waals surface area contributed by atoms with Crippen LogP contribution < -0.4 is 15.4 Å². The maximum atomic E-state index is 5.76. The Balaban J connectivity index is 0.00000420. The number of anilines is 1. The molecule has 2 aromatic rings. The van der Waals surface area contributed by atoms with Gasteiger partial charge in [-0.2, -0.15) is 5.10 Å². The molecule has 29 heavy (non-hydrogen) atoms. The molecule has 0 amide bonds. The van der Waals surface area contributed by atoms with Crippen molar-refractivity contribution < 1.29 is 9.47 Å². The minimum absolute atomic E-state index is 0. The molecular weight excluding hydrogens is 481 g/mol. The highest BCUT2D eigenvalue weighted by molar-refractivity contribution is 14.0. The van der Waals surface area contributed by atoms with Gasteiger partial charge in [0.25, 0.3) is 0 Å². The van der Waals surface area contributed by atoms with Crippen molar-refractivity contribution in [3.8, 4) is 5.75 Å². The van der Waals surface area contributed by atoms with Crippen molar-refractivity contribution in [3.63, 3.8) is 0 Å². The van der Waals surface area contributed by atoms with Gasteiger partial charge in [0.2, 0.25) is 0 Å². The van der Waals surface area contributed by atoms with Gasteiger partial charge in [-0.05, 0) is 45.4 Å². The number of guanidine groups is 1. The molecule has 0 radical (unpaired) electrons. The first-order valence-electron chi connectivity index (χ1n) is 9.90. The molecule has 0 fully saturated rings. The number of aromatic nitrogens is 2. The minimum Gasteiger partial charge on any atom is -0.493 e. The zero-order chi connectivity index (χ0) is 20.2. The van der Waals surface area contributed by atoms with E-state index in [9.17, 15) is 0 Å². The van der Waals surface area contributed by atoms with Crippen molar-refractivity contribution in [2.45, 2.75) is 40.2 Å². The molecule has 8 heteroatoms. The molecule has 0 bridgehead atoms. The predicted octanol–water partition coefficient (Wildman–Crippen LogP) is 4.00. The van der Waals surface area contributed by atoms with Crippen LogP contribution in [0.1, 0.15) is 31.2 Å². The molecule has 0 saturated heterocycles. The highest BCUT2D eigenvalue weighted by atomic mass is 127. The van der Waals surface area contributed by atoms with Gasteiger partial charge in [-0.15, -0.1) is 24.0 Å². The van der Waals surface area contributed by atoms with Crippen molar-refractivity contribution in [3.05, 3.63) is 41.7 Å². The molecule has 0 aliphatic carbocycles. The largest absolute Gasteiger partial charge is 0.493 e. The van der Waals surface area contributed by atoms with Crippen molar-refractivity contribution in [1.82, 2.24) is 15.1 Å². The number of hydrogen-bond acceptors (Lipinski definition) is 4. The molecule has 162 valence electrons. The van der Waals surface area contributed by atoms with Crippen LogP contribution in [-0.2, 0) is 11.3 Å². The van der Waals surface area contributed by atoms with E-state index in [2.05, 4.69) is 40.6 Å². The lowest BCUT2D eigenvalue weighted by atomic mass is 10.3. The van der Waals surface area contributed by atoms with Crippen LogP contribution in [-0.4, -0.2) is 49.2 Å². The summed E-state index contributed by atoms with van der Waals surface area (Å²) < 4.78 is 12.8. The summed E-state index contributed by atoms with van der Waals surface area (Å²) in [4.78, 5) is 4.67. The van der Waals surface area contributed by atoms with Crippen LogP contribution in [0.3, 0.4) is 0 Å². The molecule has 0 atom stereocenters. The average molecular weight is 515 g/mol. The summed E-state index contributed by atoms with van der Waals surface area (Å²) in [5.41, 5.74) is 3.19. The Morgan fingerprint density at radius 1 is 1.17 bits per heavy atom. The lowest BCUT2D eigenvalue weighted by Crippen LogP contribution is -2.30. The summed E-state index contributed by atoms with van der Waals surface area (Å²) in [5.74, 6) is 1.61. The molecular formula is C21H34IN5O2. The highest BCUT2D eigenvalue weighted by Gasteiger charge is 2.03. The minimum atomic E-state index is 0. The van der Waals surface area contributed by atoms with Gasteiger partial charge in [0.1, 0.15) is 5.75 Å². The van der Waals surface area contributed by atoms with Gasteiger partial charge in [-0.25, -0.2) is 0 Å². The van der Waals surface area contributed by atoms with Gasteiger partial charge in [-0.3, -0.25) is 9.67 Å². The fourth-order valence-electron chi connectivity index (χ4n) is 2.81. The van der Waals surface area contributed by atoms with Crippen LogP contribution in [0.2, 0.25) is 0 Å². The third-order valence-corrected chi connectivity index (χ3v) is 4.10. The number of benzene rings is 1. The molecule has 0 saturated carbocycles. The van der Waals surface area contributed by atoms with Crippen molar-refractivity contribution in [2.75, 3.05) is 38.7 Å². The maximum absolute atomic E-state index is 5.76. The number of hydrogen-bond donors (Lipinski definition) is 2. The lowest BCUT2D eigenvalue weighted by molar-refractivity contribution is 0.172. The SMILES string of the molecule is CCNC(=NCCCn1nc(C)cc1C)Nc1cccc(OCCCOC)c1.I. The third-order valence-electron chi connectivity index (χ3n) is 4.10. The molecule has 2 rings (SSSR count). The predicted molar refractivity (Wildman–Crippen MR) is 130 cm³/mol. The molecule has 7 nitrogen and oxygen atoms in total. The van der Waals surface area contributed by atoms with Crippen LogP contribution in [0.15, 0.2) is 35.3 Å². The van der Waals surface area contributed by atoms with E-state index in [0.29, 0.717) is 13.2 Å². The van der Waals surface area contributed by atoms with Crippen molar-refractivity contribution in [1.29, 1.82) is 0 Å². The van der Waals surface area contributed by atoms with E-state index in [4.69, 9.17) is 9.47 Å². The topological polar surface area (TPSA) is 72.7 Å². The molecule has 0 aliphatic heterocycles. The third kappa shape index (κ3) is 9.49. The van der Waals surface area contributed by atoms with E-state index in [0.717, 1.165) is 55.6 Å². The van der Waals surface area contributed by atoms with E-state index < -0.39 is 0 Å². The van der Waals surface area contributed by atoms with Crippen LogP contribution >= 0.6 is 24.0 Å². The number of nitrogens with one attached hydrogen (secondary N) is 2. The summed E-state index contributed by atoms with van der Waals surface area (Å²) in [6.07, 6.45) is 1.80. The fourth-order valence-corrected chi connectivity index (χ4v) is 2.81. The van der Waals surface area contributed by atoms with E-state index in [1.165, 1.54) is 5.69 Å². The number of aliphatic imine (C=N–C) groups is 1. The molecule has 1 heterocycles. The van der Waals surface area contributed by atoms with Crippen molar-refractivity contribution in [2.24, 2.45) is 4.99 Å². The number of ether oxygens (including phenoxy) is 2.